The zero-order valence-corrected chi connectivity index (χ0v) is 24.7. The lowest BCUT2D eigenvalue weighted by atomic mass is 10.1. The van der Waals surface area contributed by atoms with E-state index in [0.29, 0.717) is 50.8 Å². The Morgan fingerprint density at radius 3 is 0.848 bits per heavy atom. The molecule has 0 spiro atoms. The van der Waals surface area contributed by atoms with Crippen LogP contribution in [0.15, 0.2) is 179 Å². The van der Waals surface area contributed by atoms with E-state index in [4.69, 9.17) is 0 Å². The minimum absolute atomic E-state index is 0.144. The molecule has 6 aromatic carbocycles. The normalized spacial score (nSPS) is 12.1. The van der Waals surface area contributed by atoms with Crippen molar-refractivity contribution in [3.63, 3.8) is 0 Å². The van der Waals surface area contributed by atoms with Crippen LogP contribution in [0.5, 0.6) is 0 Å². The molecule has 0 saturated carbocycles. The topological polar surface area (TPSA) is 101 Å². The maximum Gasteiger partial charge on any atom is 0.218 e. The summed E-state index contributed by atoms with van der Waals surface area (Å²) < 4.78 is 0. The number of hydrogen-bond donors (Lipinski definition) is 3. The molecule has 46 heavy (non-hydrogen) atoms. The highest BCUT2D eigenvalue weighted by Crippen LogP contribution is 2.47. The van der Waals surface area contributed by atoms with Gasteiger partial charge in [-0.1, -0.05) is 91.0 Å². The number of benzene rings is 6. The Morgan fingerprint density at radius 2 is 0.565 bits per heavy atom. The van der Waals surface area contributed by atoms with E-state index in [2.05, 4.69) is 15.0 Å². The molecule has 0 saturated heterocycles. The van der Waals surface area contributed by atoms with Gasteiger partial charge in [0.2, 0.25) is 17.7 Å². The second-order valence-electron chi connectivity index (χ2n) is 10.2. The van der Waals surface area contributed by atoms with Crippen molar-refractivity contribution in [1.29, 1.82) is 0 Å². The summed E-state index contributed by atoms with van der Waals surface area (Å²) in [6.45, 7) is 0. The lowest BCUT2D eigenvalue weighted by Gasteiger charge is -2.28. The molecule has 0 aliphatic heterocycles. The van der Waals surface area contributed by atoms with Crippen LogP contribution in [-0.4, -0.2) is 33.0 Å². The Balaban J connectivity index is 1.57. The van der Waals surface area contributed by atoms with Crippen molar-refractivity contribution >= 4 is 51.8 Å². The van der Waals surface area contributed by atoms with Crippen LogP contribution >= 0.6 is 0 Å². The first-order chi connectivity index (χ1) is 22.6. The second-order valence-corrected chi connectivity index (χ2v) is 10.2. The fourth-order valence-corrected chi connectivity index (χ4v) is 4.93. The van der Waals surface area contributed by atoms with Gasteiger partial charge in [0.25, 0.3) is 0 Å². The molecule has 0 heterocycles. The van der Waals surface area contributed by atoms with Gasteiger partial charge < -0.3 is 20.2 Å². The van der Waals surface area contributed by atoms with Crippen molar-refractivity contribution in [1.82, 2.24) is 0 Å². The quantitative estimate of drug-likeness (QED) is 0.113. The average Bonchev–Trinajstić information content (AvgIpc) is 3.11. The fraction of sp³-hybridized carbons (Fsp3) is 0. The van der Waals surface area contributed by atoms with Crippen molar-refractivity contribution < 1.29 is 15.3 Å². The lowest BCUT2D eigenvalue weighted by molar-refractivity contribution is 0.554. The zero-order valence-electron chi connectivity index (χ0n) is 24.7. The molecule has 0 unspecified atom stereocenters. The number of aliphatic imine (C=N–C) groups is 3. The summed E-state index contributed by atoms with van der Waals surface area (Å²) in [4.78, 5) is 15.8. The predicted molar refractivity (Wildman–Crippen MR) is 187 cm³/mol. The van der Waals surface area contributed by atoms with Crippen molar-refractivity contribution in [3.05, 3.63) is 180 Å². The number of aliphatic hydroxyl groups is 3. The third-order valence-electron chi connectivity index (χ3n) is 7.14. The van der Waals surface area contributed by atoms with Crippen LogP contribution in [0, 0.1) is 0 Å². The molecular weight excluding hydrogens is 572 g/mol. The van der Waals surface area contributed by atoms with Crippen LogP contribution in [0.4, 0.5) is 34.1 Å². The Kier molecular flexibility index (Phi) is 8.93. The molecule has 6 rings (SSSR count). The van der Waals surface area contributed by atoms with Gasteiger partial charge in [-0.25, -0.2) is 15.0 Å². The van der Waals surface area contributed by atoms with Crippen LogP contribution < -0.4 is 4.90 Å². The van der Waals surface area contributed by atoms with Crippen molar-refractivity contribution in [2.75, 3.05) is 4.90 Å². The summed E-state index contributed by atoms with van der Waals surface area (Å²) in [5.74, 6) is -0.433. The molecular formula is C39H30N4O3. The van der Waals surface area contributed by atoms with Gasteiger partial charge in [0.05, 0.1) is 34.1 Å². The second kappa shape index (κ2) is 13.9. The van der Waals surface area contributed by atoms with Gasteiger partial charge in [0, 0.05) is 16.7 Å². The monoisotopic (exact) mass is 602 g/mol. The molecule has 0 aromatic heterocycles. The maximum absolute atomic E-state index is 11.0. The molecule has 0 aliphatic carbocycles. The van der Waals surface area contributed by atoms with Gasteiger partial charge in [-0.05, 0) is 72.8 Å². The van der Waals surface area contributed by atoms with Crippen LogP contribution in [0.2, 0.25) is 0 Å². The standard InChI is InChI=1S/C39H30N4O3/c44-37(28-16-4-1-5-17-28)40-31-22-10-13-25-34(31)43(35-26-14-11-23-32(35)41-38(45)29-18-6-2-7-19-29)36-27-15-12-24-33(36)42-39(46)30-20-8-3-9-21-30/h1-27H,(H,40,44)(H,41,45)(H,42,46). The van der Waals surface area contributed by atoms with Gasteiger partial charge in [0.1, 0.15) is 0 Å². The van der Waals surface area contributed by atoms with Gasteiger partial charge in [-0.2, -0.15) is 0 Å². The molecule has 6 aromatic rings. The van der Waals surface area contributed by atoms with Crippen LogP contribution in [0.3, 0.4) is 0 Å². The summed E-state index contributed by atoms with van der Waals surface area (Å²) in [6, 6.07) is 49.5. The van der Waals surface area contributed by atoms with E-state index in [0.717, 1.165) is 0 Å². The van der Waals surface area contributed by atoms with Gasteiger partial charge in [0.15, 0.2) is 0 Å². The summed E-state index contributed by atoms with van der Waals surface area (Å²) in [5, 5.41) is 33.1. The first-order valence-electron chi connectivity index (χ1n) is 14.6. The Labute approximate surface area is 267 Å². The van der Waals surface area contributed by atoms with E-state index < -0.39 is 0 Å². The van der Waals surface area contributed by atoms with E-state index in [1.54, 1.807) is 36.4 Å². The molecule has 7 heteroatoms. The van der Waals surface area contributed by atoms with Gasteiger partial charge >= 0.3 is 0 Å². The van der Waals surface area contributed by atoms with Crippen LogP contribution in [0.1, 0.15) is 16.7 Å². The molecule has 3 N–H and O–H groups in total. The molecule has 0 amide bonds. The number of anilines is 3. The number of nitrogens with zero attached hydrogens (tertiary/aromatic N) is 4. The highest BCUT2D eigenvalue weighted by molar-refractivity contribution is 6.01. The van der Waals surface area contributed by atoms with Crippen LogP contribution in [-0.2, 0) is 0 Å². The predicted octanol–water partition coefficient (Wildman–Crippen LogP) is 10.1. The SMILES string of the molecule is OC(=Nc1ccccc1N(c1ccccc1N=C(O)c1ccccc1)c1ccccc1N=C(O)c1ccccc1)c1ccccc1. The van der Waals surface area contributed by atoms with Crippen LogP contribution in [0.25, 0.3) is 0 Å². The zero-order chi connectivity index (χ0) is 31.7. The third kappa shape index (κ3) is 6.69. The Hall–Kier alpha value is -6.47. The molecule has 0 bridgehead atoms. The highest BCUT2D eigenvalue weighted by Gasteiger charge is 2.22. The molecule has 0 radical (unpaired) electrons. The molecule has 224 valence electrons. The van der Waals surface area contributed by atoms with E-state index in [1.165, 1.54) is 0 Å². The minimum Gasteiger partial charge on any atom is -0.493 e. The fourth-order valence-electron chi connectivity index (χ4n) is 4.93. The van der Waals surface area contributed by atoms with Crippen molar-refractivity contribution in [2.45, 2.75) is 0 Å². The summed E-state index contributed by atoms with van der Waals surface area (Å²) in [5.41, 5.74) is 4.94. The number of hydrogen-bond acceptors (Lipinski definition) is 4. The maximum atomic E-state index is 11.0. The molecule has 0 aliphatic rings. The third-order valence-corrected chi connectivity index (χ3v) is 7.14. The summed E-state index contributed by atoms with van der Waals surface area (Å²) in [7, 11) is 0. The highest BCUT2D eigenvalue weighted by atomic mass is 16.3. The largest absolute Gasteiger partial charge is 0.493 e. The van der Waals surface area contributed by atoms with E-state index in [-0.39, 0.29) is 17.7 Å². The van der Waals surface area contributed by atoms with E-state index >= 15 is 0 Å². The van der Waals surface area contributed by atoms with E-state index in [9.17, 15) is 15.3 Å². The molecule has 0 atom stereocenters. The van der Waals surface area contributed by atoms with Crippen molar-refractivity contribution in [2.24, 2.45) is 15.0 Å². The van der Waals surface area contributed by atoms with Gasteiger partial charge in [-0.3, -0.25) is 0 Å². The first-order valence-corrected chi connectivity index (χ1v) is 14.6. The van der Waals surface area contributed by atoms with E-state index in [1.807, 2.05) is 132 Å². The summed E-state index contributed by atoms with van der Waals surface area (Å²) in [6.07, 6.45) is 0. The summed E-state index contributed by atoms with van der Waals surface area (Å²) >= 11 is 0. The Bertz CT molecular complexity index is 1790. The first kappa shape index (κ1) is 29.6. The average molecular weight is 603 g/mol. The number of para-hydroxylation sites is 6. The molecule has 0 fully saturated rings. The Morgan fingerprint density at radius 1 is 0.326 bits per heavy atom. The smallest absolute Gasteiger partial charge is 0.218 e. The number of rotatable bonds is 9. The molecule has 7 nitrogen and oxygen atoms in total. The number of aliphatic hydroxyl groups excluding tert-OH is 3. The van der Waals surface area contributed by atoms with Crippen molar-refractivity contribution in [3.8, 4) is 0 Å². The van der Waals surface area contributed by atoms with Gasteiger partial charge in [-0.15, -0.1) is 0 Å². The lowest BCUT2D eigenvalue weighted by Crippen LogP contribution is -2.12. The minimum atomic E-state index is -0.144.